The fraction of sp³-hybridized carbons (Fsp3) is 0.0714. The minimum Gasteiger partial charge on any atom is -0.495 e. The molecule has 2 aromatic rings. The molecule has 0 spiro atoms. The van der Waals surface area contributed by atoms with Crippen LogP contribution in [0.25, 0.3) is 0 Å². The van der Waals surface area contributed by atoms with E-state index < -0.39 is 16.0 Å². The number of anilines is 1. The molecule has 0 aromatic heterocycles. The number of para-hydroxylation sites is 1. The van der Waals surface area contributed by atoms with Crippen LogP contribution in [-0.2, 0) is 10.0 Å². The molecule has 0 aliphatic heterocycles. The van der Waals surface area contributed by atoms with Crippen LogP contribution in [0.1, 0.15) is 10.4 Å². The van der Waals surface area contributed by atoms with Crippen molar-refractivity contribution in [2.75, 3.05) is 11.8 Å². The Hall–Kier alpha value is -2.06. The monoisotopic (exact) mass is 385 g/mol. The minimum absolute atomic E-state index is 0.0139. The zero-order valence-electron chi connectivity index (χ0n) is 11.4. The summed E-state index contributed by atoms with van der Waals surface area (Å²) in [5.74, 6) is -1.07. The maximum atomic E-state index is 12.5. The first-order valence-electron chi connectivity index (χ1n) is 6.04. The number of hydrogen-bond acceptors (Lipinski definition) is 4. The molecule has 0 aliphatic carbocycles. The second-order valence-corrected chi connectivity index (χ2v) is 6.82. The number of halogens is 1. The summed E-state index contributed by atoms with van der Waals surface area (Å²) >= 11 is 3.23. The van der Waals surface area contributed by atoms with E-state index in [4.69, 9.17) is 9.84 Å². The zero-order chi connectivity index (χ0) is 16.3. The fourth-order valence-electron chi connectivity index (χ4n) is 1.82. The second-order valence-electron chi connectivity index (χ2n) is 4.25. The fourth-order valence-corrected chi connectivity index (χ4v) is 3.39. The van der Waals surface area contributed by atoms with Crippen LogP contribution in [0.15, 0.2) is 51.8 Å². The van der Waals surface area contributed by atoms with Gasteiger partial charge in [-0.15, -0.1) is 0 Å². The summed E-state index contributed by atoms with van der Waals surface area (Å²) in [6, 6.07) is 10.2. The van der Waals surface area contributed by atoms with Gasteiger partial charge in [0.05, 0.1) is 18.4 Å². The quantitative estimate of drug-likeness (QED) is 0.824. The van der Waals surface area contributed by atoms with Crippen molar-refractivity contribution in [3.05, 3.63) is 52.5 Å². The molecule has 6 nitrogen and oxygen atoms in total. The zero-order valence-corrected chi connectivity index (χ0v) is 13.8. The lowest BCUT2D eigenvalue weighted by Gasteiger charge is -2.13. The molecule has 8 heteroatoms. The van der Waals surface area contributed by atoms with E-state index >= 15 is 0 Å². The first-order chi connectivity index (χ1) is 10.3. The van der Waals surface area contributed by atoms with Crippen molar-refractivity contribution in [3.8, 4) is 5.75 Å². The molecule has 2 rings (SSSR count). The van der Waals surface area contributed by atoms with Crippen LogP contribution >= 0.6 is 15.9 Å². The maximum absolute atomic E-state index is 12.5. The molecule has 0 aliphatic rings. The normalized spacial score (nSPS) is 11.0. The van der Waals surface area contributed by atoms with Crippen molar-refractivity contribution in [2.45, 2.75) is 4.90 Å². The number of ether oxygens (including phenoxy) is 1. The molecule has 22 heavy (non-hydrogen) atoms. The average molecular weight is 386 g/mol. The Kier molecular flexibility index (Phi) is 4.72. The van der Waals surface area contributed by atoms with E-state index in [9.17, 15) is 13.2 Å². The third kappa shape index (κ3) is 3.40. The summed E-state index contributed by atoms with van der Waals surface area (Å²) in [4.78, 5) is 11.1. The van der Waals surface area contributed by atoms with Crippen LogP contribution in [0.2, 0.25) is 0 Å². The molecule has 0 bridgehead atoms. The molecular weight excluding hydrogens is 374 g/mol. The van der Waals surface area contributed by atoms with E-state index in [1.165, 1.54) is 37.4 Å². The topological polar surface area (TPSA) is 92.7 Å². The standard InChI is InChI=1S/C14H12BrNO5S/c1-21-12-8-9(15)6-7-13(12)22(19,20)16-11-5-3-2-4-10(11)14(17)18/h2-8,16H,1H3,(H,17,18). The number of hydrogen-bond donors (Lipinski definition) is 2. The van der Waals surface area contributed by atoms with Crippen molar-refractivity contribution >= 4 is 37.6 Å². The summed E-state index contributed by atoms with van der Waals surface area (Å²) < 4.78 is 32.9. The van der Waals surface area contributed by atoms with E-state index in [1.54, 1.807) is 12.1 Å². The Labute approximate surface area is 135 Å². The number of nitrogens with one attached hydrogen (secondary N) is 1. The smallest absolute Gasteiger partial charge is 0.337 e. The first kappa shape index (κ1) is 16.3. The van der Waals surface area contributed by atoms with E-state index in [0.717, 1.165) is 0 Å². The van der Waals surface area contributed by atoms with Gasteiger partial charge in [-0.1, -0.05) is 28.1 Å². The first-order valence-corrected chi connectivity index (χ1v) is 8.31. The molecule has 0 fully saturated rings. The summed E-state index contributed by atoms with van der Waals surface area (Å²) in [6.07, 6.45) is 0. The SMILES string of the molecule is COc1cc(Br)ccc1S(=O)(=O)Nc1ccccc1C(=O)O. The Morgan fingerprint density at radius 1 is 1.23 bits per heavy atom. The van der Waals surface area contributed by atoms with Crippen LogP contribution in [-0.4, -0.2) is 26.6 Å². The van der Waals surface area contributed by atoms with Crippen LogP contribution in [0.5, 0.6) is 5.75 Å². The average Bonchev–Trinajstić information content (AvgIpc) is 2.46. The Morgan fingerprint density at radius 3 is 2.55 bits per heavy atom. The predicted octanol–water partition coefficient (Wildman–Crippen LogP) is 2.96. The molecule has 0 atom stereocenters. The number of carboxylic acids is 1. The van der Waals surface area contributed by atoms with Crippen LogP contribution < -0.4 is 9.46 Å². The van der Waals surface area contributed by atoms with Gasteiger partial charge < -0.3 is 9.84 Å². The largest absolute Gasteiger partial charge is 0.495 e. The van der Waals surface area contributed by atoms with E-state index in [-0.39, 0.29) is 21.9 Å². The lowest BCUT2D eigenvalue weighted by atomic mass is 10.2. The summed E-state index contributed by atoms with van der Waals surface area (Å²) in [6.45, 7) is 0. The van der Waals surface area contributed by atoms with Crippen molar-refractivity contribution in [3.63, 3.8) is 0 Å². The summed E-state index contributed by atoms with van der Waals surface area (Å²) in [5.41, 5.74) is -0.151. The Balaban J connectivity index is 2.47. The number of carbonyl (C=O) groups is 1. The highest BCUT2D eigenvalue weighted by Crippen LogP contribution is 2.29. The van der Waals surface area contributed by atoms with Gasteiger partial charge in [0.2, 0.25) is 0 Å². The van der Waals surface area contributed by atoms with Gasteiger partial charge in [0, 0.05) is 4.47 Å². The second kappa shape index (κ2) is 6.37. The van der Waals surface area contributed by atoms with Gasteiger partial charge in [0.1, 0.15) is 10.6 Å². The number of sulfonamides is 1. The van der Waals surface area contributed by atoms with Gasteiger partial charge in [-0.25, -0.2) is 13.2 Å². The highest BCUT2D eigenvalue weighted by Gasteiger charge is 2.22. The van der Waals surface area contributed by atoms with Gasteiger partial charge in [0.25, 0.3) is 10.0 Å². The molecular formula is C14H12BrNO5S. The van der Waals surface area contributed by atoms with E-state index in [2.05, 4.69) is 20.7 Å². The van der Waals surface area contributed by atoms with Crippen molar-refractivity contribution < 1.29 is 23.1 Å². The Bertz CT molecular complexity index is 820. The number of aromatic carboxylic acids is 1. The van der Waals surface area contributed by atoms with Crippen molar-refractivity contribution in [2.24, 2.45) is 0 Å². The minimum atomic E-state index is -3.99. The van der Waals surface area contributed by atoms with E-state index in [0.29, 0.717) is 4.47 Å². The number of methoxy groups -OCH3 is 1. The highest BCUT2D eigenvalue weighted by molar-refractivity contribution is 9.10. The van der Waals surface area contributed by atoms with Crippen LogP contribution in [0.3, 0.4) is 0 Å². The molecule has 0 heterocycles. The number of rotatable bonds is 5. The maximum Gasteiger partial charge on any atom is 0.337 e. The van der Waals surface area contributed by atoms with E-state index in [1.807, 2.05) is 0 Å². The predicted molar refractivity (Wildman–Crippen MR) is 84.9 cm³/mol. The van der Waals surface area contributed by atoms with Gasteiger partial charge >= 0.3 is 5.97 Å². The van der Waals surface area contributed by atoms with Crippen molar-refractivity contribution in [1.82, 2.24) is 0 Å². The molecule has 2 aromatic carbocycles. The number of carboxylic acid groups (broad SMARTS) is 1. The van der Waals surface area contributed by atoms with Crippen molar-refractivity contribution in [1.29, 1.82) is 0 Å². The lowest BCUT2D eigenvalue weighted by molar-refractivity contribution is 0.0698. The molecule has 0 saturated carbocycles. The third-order valence-corrected chi connectivity index (χ3v) is 4.72. The highest BCUT2D eigenvalue weighted by atomic mass is 79.9. The molecule has 0 unspecified atom stereocenters. The summed E-state index contributed by atoms with van der Waals surface area (Å²) in [5, 5.41) is 9.10. The van der Waals surface area contributed by atoms with Gasteiger partial charge in [-0.05, 0) is 30.3 Å². The molecule has 0 saturated heterocycles. The van der Waals surface area contributed by atoms with Gasteiger partial charge in [0.15, 0.2) is 0 Å². The van der Waals surface area contributed by atoms with Gasteiger partial charge in [-0.3, -0.25) is 4.72 Å². The number of benzene rings is 2. The molecule has 0 amide bonds. The molecule has 116 valence electrons. The Morgan fingerprint density at radius 2 is 1.91 bits per heavy atom. The van der Waals surface area contributed by atoms with Crippen LogP contribution in [0, 0.1) is 0 Å². The van der Waals surface area contributed by atoms with Gasteiger partial charge in [-0.2, -0.15) is 0 Å². The molecule has 0 radical (unpaired) electrons. The van der Waals surface area contributed by atoms with Crippen LogP contribution in [0.4, 0.5) is 5.69 Å². The lowest BCUT2D eigenvalue weighted by Crippen LogP contribution is -2.16. The summed E-state index contributed by atoms with van der Waals surface area (Å²) in [7, 11) is -2.63. The third-order valence-electron chi connectivity index (χ3n) is 2.82. The molecule has 2 N–H and O–H groups in total.